The minimum Gasteiger partial charge on any atom is -0.370 e. The summed E-state index contributed by atoms with van der Waals surface area (Å²) in [4.78, 5) is 8.81. The van der Waals surface area contributed by atoms with Crippen molar-refractivity contribution in [1.29, 1.82) is 0 Å². The van der Waals surface area contributed by atoms with E-state index >= 15 is 0 Å². The van der Waals surface area contributed by atoms with E-state index in [0.29, 0.717) is 12.5 Å². The molecule has 1 aromatic carbocycles. The van der Waals surface area contributed by atoms with Gasteiger partial charge in [0.05, 0.1) is 12.6 Å². The summed E-state index contributed by atoms with van der Waals surface area (Å²) in [5.74, 6) is 0.329. The third kappa shape index (κ3) is 3.74. The van der Waals surface area contributed by atoms with Crippen LogP contribution in [0.5, 0.6) is 0 Å². The zero-order valence-electron chi connectivity index (χ0n) is 12.5. The van der Waals surface area contributed by atoms with Crippen molar-refractivity contribution in [2.45, 2.75) is 19.9 Å². The van der Waals surface area contributed by atoms with Gasteiger partial charge in [-0.15, -0.1) is 0 Å². The van der Waals surface area contributed by atoms with Gasteiger partial charge in [0.1, 0.15) is 5.82 Å². The van der Waals surface area contributed by atoms with Gasteiger partial charge in [-0.1, -0.05) is 35.8 Å². The van der Waals surface area contributed by atoms with Crippen LogP contribution in [0.15, 0.2) is 27.7 Å². The molecule has 0 fully saturated rings. The van der Waals surface area contributed by atoms with Gasteiger partial charge in [0.15, 0.2) is 5.96 Å². The Kier molecular flexibility index (Phi) is 5.58. The fraction of sp³-hybridized carbons (Fsp3) is 0.533. The summed E-state index contributed by atoms with van der Waals surface area (Å²) < 4.78 is 14.0. The Morgan fingerprint density at radius 2 is 2.14 bits per heavy atom. The number of halogens is 2. The van der Waals surface area contributed by atoms with Gasteiger partial charge >= 0.3 is 0 Å². The van der Waals surface area contributed by atoms with E-state index in [2.05, 4.69) is 44.6 Å². The lowest BCUT2D eigenvalue weighted by Crippen LogP contribution is -2.41. The van der Waals surface area contributed by atoms with Gasteiger partial charge in [-0.25, -0.2) is 4.39 Å². The molecular weight excluding hydrogens is 335 g/mol. The van der Waals surface area contributed by atoms with E-state index in [-0.39, 0.29) is 11.9 Å². The molecule has 1 atom stereocenters. The van der Waals surface area contributed by atoms with Crippen LogP contribution in [0.4, 0.5) is 4.39 Å². The van der Waals surface area contributed by atoms with Crippen LogP contribution in [-0.2, 0) is 0 Å². The molecule has 1 unspecified atom stereocenters. The molecule has 1 heterocycles. The molecule has 0 amide bonds. The SMILES string of the molecule is CCN(CC)CCN1C(N)=NCC1c1ccc(F)cc1Br. The zero-order chi connectivity index (χ0) is 15.4. The molecular formula is C15H22BrFN4. The minimum atomic E-state index is -0.243. The molecule has 0 saturated heterocycles. The van der Waals surface area contributed by atoms with Gasteiger partial charge in [-0.3, -0.25) is 4.99 Å². The molecule has 6 heteroatoms. The van der Waals surface area contributed by atoms with Crippen molar-refractivity contribution in [2.24, 2.45) is 10.7 Å². The first-order valence-electron chi connectivity index (χ1n) is 7.30. The van der Waals surface area contributed by atoms with E-state index in [1.807, 2.05) is 6.07 Å². The first-order chi connectivity index (χ1) is 10.1. The number of nitrogens with two attached hydrogens (primary N) is 1. The number of nitrogens with zero attached hydrogens (tertiary/aromatic N) is 3. The molecule has 0 saturated carbocycles. The molecule has 4 nitrogen and oxygen atoms in total. The average Bonchev–Trinajstić information content (AvgIpc) is 2.81. The lowest BCUT2D eigenvalue weighted by Gasteiger charge is -2.29. The van der Waals surface area contributed by atoms with E-state index < -0.39 is 0 Å². The van der Waals surface area contributed by atoms with Crippen LogP contribution in [0, 0.1) is 5.82 Å². The van der Waals surface area contributed by atoms with Crippen molar-refractivity contribution < 1.29 is 4.39 Å². The summed E-state index contributed by atoms with van der Waals surface area (Å²) >= 11 is 3.44. The fourth-order valence-corrected chi connectivity index (χ4v) is 3.24. The number of guanidine groups is 1. The van der Waals surface area contributed by atoms with Crippen molar-refractivity contribution in [1.82, 2.24) is 9.80 Å². The molecule has 1 aliphatic rings. The average molecular weight is 357 g/mol. The second-order valence-corrected chi connectivity index (χ2v) is 5.96. The Labute approximate surface area is 133 Å². The van der Waals surface area contributed by atoms with Crippen LogP contribution < -0.4 is 5.73 Å². The number of hydrogen-bond acceptors (Lipinski definition) is 4. The highest BCUT2D eigenvalue weighted by Gasteiger charge is 2.28. The summed E-state index contributed by atoms with van der Waals surface area (Å²) in [5, 5.41) is 0. The van der Waals surface area contributed by atoms with Gasteiger partial charge in [0, 0.05) is 17.6 Å². The van der Waals surface area contributed by atoms with Gasteiger partial charge in [-0.2, -0.15) is 0 Å². The highest BCUT2D eigenvalue weighted by Crippen LogP contribution is 2.31. The quantitative estimate of drug-likeness (QED) is 0.851. The summed E-state index contributed by atoms with van der Waals surface area (Å²) in [6.45, 7) is 8.73. The zero-order valence-corrected chi connectivity index (χ0v) is 14.1. The molecule has 0 spiro atoms. The van der Waals surface area contributed by atoms with Crippen LogP contribution in [0.25, 0.3) is 0 Å². The summed E-state index contributed by atoms with van der Waals surface area (Å²) in [5.41, 5.74) is 7.05. The Morgan fingerprint density at radius 3 is 2.76 bits per heavy atom. The van der Waals surface area contributed by atoms with Crippen LogP contribution >= 0.6 is 15.9 Å². The van der Waals surface area contributed by atoms with Crippen molar-refractivity contribution in [3.63, 3.8) is 0 Å². The number of likely N-dealkylation sites (N-methyl/N-ethyl adjacent to an activating group) is 1. The normalized spacial score (nSPS) is 18.4. The first-order valence-corrected chi connectivity index (χ1v) is 8.10. The number of benzene rings is 1. The molecule has 0 aromatic heterocycles. The van der Waals surface area contributed by atoms with E-state index in [4.69, 9.17) is 5.73 Å². The van der Waals surface area contributed by atoms with E-state index in [1.165, 1.54) is 12.1 Å². The van der Waals surface area contributed by atoms with Crippen molar-refractivity contribution >= 4 is 21.9 Å². The van der Waals surface area contributed by atoms with Crippen molar-refractivity contribution in [2.75, 3.05) is 32.7 Å². The largest absolute Gasteiger partial charge is 0.370 e. The third-order valence-electron chi connectivity index (χ3n) is 3.97. The van der Waals surface area contributed by atoms with Crippen LogP contribution in [-0.4, -0.2) is 48.5 Å². The van der Waals surface area contributed by atoms with Gasteiger partial charge in [0.25, 0.3) is 0 Å². The topological polar surface area (TPSA) is 44.9 Å². The van der Waals surface area contributed by atoms with Gasteiger partial charge < -0.3 is 15.5 Å². The Balaban J connectivity index is 2.12. The van der Waals surface area contributed by atoms with Crippen LogP contribution in [0.3, 0.4) is 0 Å². The molecule has 116 valence electrons. The standard InChI is InChI=1S/C15H22BrFN4/c1-3-20(4-2)7-8-21-14(10-19-15(21)18)12-6-5-11(17)9-13(12)16/h5-6,9,14H,3-4,7-8,10H2,1-2H3,(H2,18,19). The molecule has 21 heavy (non-hydrogen) atoms. The monoisotopic (exact) mass is 356 g/mol. The maximum atomic E-state index is 13.3. The summed E-state index contributed by atoms with van der Waals surface area (Å²) in [6, 6.07) is 4.86. The van der Waals surface area contributed by atoms with Crippen molar-refractivity contribution in [3.05, 3.63) is 34.1 Å². The maximum absolute atomic E-state index is 13.3. The smallest absolute Gasteiger partial charge is 0.191 e. The fourth-order valence-electron chi connectivity index (χ4n) is 2.63. The van der Waals surface area contributed by atoms with E-state index in [1.54, 1.807) is 0 Å². The summed E-state index contributed by atoms with van der Waals surface area (Å²) in [6.07, 6.45) is 0. The summed E-state index contributed by atoms with van der Waals surface area (Å²) in [7, 11) is 0. The van der Waals surface area contributed by atoms with Gasteiger partial charge in [0.2, 0.25) is 0 Å². The highest BCUT2D eigenvalue weighted by molar-refractivity contribution is 9.10. The lowest BCUT2D eigenvalue weighted by molar-refractivity contribution is 0.248. The first kappa shape index (κ1) is 16.2. The highest BCUT2D eigenvalue weighted by atomic mass is 79.9. The molecule has 1 aromatic rings. The molecule has 2 N–H and O–H groups in total. The predicted octanol–water partition coefficient (Wildman–Crippen LogP) is 2.60. The molecule has 1 aliphatic heterocycles. The van der Waals surface area contributed by atoms with E-state index in [9.17, 15) is 4.39 Å². The lowest BCUT2D eigenvalue weighted by atomic mass is 10.1. The Hall–Kier alpha value is -1.14. The van der Waals surface area contributed by atoms with Crippen molar-refractivity contribution in [3.8, 4) is 0 Å². The minimum absolute atomic E-state index is 0.0792. The second-order valence-electron chi connectivity index (χ2n) is 5.10. The Bertz CT molecular complexity index is 516. The van der Waals surface area contributed by atoms with Gasteiger partial charge in [-0.05, 0) is 30.8 Å². The predicted molar refractivity (Wildman–Crippen MR) is 87.8 cm³/mol. The second kappa shape index (κ2) is 7.22. The number of aliphatic imine (C=N–C) groups is 1. The molecule has 2 rings (SSSR count). The molecule has 0 bridgehead atoms. The van der Waals surface area contributed by atoms with E-state index in [0.717, 1.165) is 36.2 Å². The molecule has 0 radical (unpaired) electrons. The number of rotatable bonds is 6. The maximum Gasteiger partial charge on any atom is 0.191 e. The third-order valence-corrected chi connectivity index (χ3v) is 4.66. The van der Waals surface area contributed by atoms with Crippen LogP contribution in [0.1, 0.15) is 25.5 Å². The number of hydrogen-bond donors (Lipinski definition) is 1. The van der Waals surface area contributed by atoms with Crippen LogP contribution in [0.2, 0.25) is 0 Å². The molecule has 0 aliphatic carbocycles. The Morgan fingerprint density at radius 1 is 1.43 bits per heavy atom.